The van der Waals surface area contributed by atoms with Crippen LogP contribution in [0.5, 0.6) is 5.75 Å². The first-order chi connectivity index (χ1) is 15.6. The summed E-state index contributed by atoms with van der Waals surface area (Å²) in [6, 6.07) is 24.4. The van der Waals surface area contributed by atoms with Gasteiger partial charge in [-0.05, 0) is 49.7 Å². The van der Waals surface area contributed by atoms with Crippen LogP contribution in [0.2, 0.25) is 0 Å². The summed E-state index contributed by atoms with van der Waals surface area (Å²) in [5.74, 6) is 0.475. The van der Waals surface area contributed by atoms with Crippen LogP contribution in [0, 0.1) is 0 Å². The van der Waals surface area contributed by atoms with E-state index in [1.54, 1.807) is 23.1 Å². The van der Waals surface area contributed by atoms with E-state index in [0.717, 1.165) is 11.3 Å². The Balaban J connectivity index is 1.53. The minimum absolute atomic E-state index is 0.0181. The molecule has 2 N–H and O–H groups in total. The van der Waals surface area contributed by atoms with Crippen LogP contribution in [0.25, 0.3) is 0 Å². The summed E-state index contributed by atoms with van der Waals surface area (Å²) in [6.07, 6.45) is 0. The zero-order chi connectivity index (χ0) is 22.8. The molecule has 0 aliphatic carbocycles. The molecule has 166 valence electrons. The highest BCUT2D eigenvalue weighted by molar-refractivity contribution is 5.96. The monoisotopic (exact) mass is 431 g/mol. The molecule has 6 heteroatoms. The summed E-state index contributed by atoms with van der Waals surface area (Å²) in [6.45, 7) is 5.76. The van der Waals surface area contributed by atoms with Crippen LogP contribution >= 0.6 is 0 Å². The molecule has 32 heavy (non-hydrogen) atoms. The third kappa shape index (κ3) is 6.60. The van der Waals surface area contributed by atoms with E-state index in [1.807, 2.05) is 74.5 Å². The number of anilines is 2. The van der Waals surface area contributed by atoms with Crippen molar-refractivity contribution in [3.8, 4) is 5.75 Å². The van der Waals surface area contributed by atoms with E-state index < -0.39 is 0 Å². The van der Waals surface area contributed by atoms with Crippen molar-refractivity contribution < 1.29 is 14.3 Å². The summed E-state index contributed by atoms with van der Waals surface area (Å²) >= 11 is 0. The lowest BCUT2D eigenvalue weighted by atomic mass is 10.1. The van der Waals surface area contributed by atoms with Crippen molar-refractivity contribution in [3.63, 3.8) is 0 Å². The minimum Gasteiger partial charge on any atom is -0.489 e. The van der Waals surface area contributed by atoms with Gasteiger partial charge in [0.05, 0.1) is 6.54 Å². The lowest BCUT2D eigenvalue weighted by Gasteiger charge is -2.19. The van der Waals surface area contributed by atoms with Crippen LogP contribution < -0.4 is 15.4 Å². The first-order valence-corrected chi connectivity index (χ1v) is 10.8. The standard InChI is InChI=1S/C26H29N3O3/c1-3-29(4-2)26(31)21-12-8-13-22(16-21)27-18-25(30)28-23-14-9-15-24(17-23)32-19-20-10-6-5-7-11-20/h5-17,27H,3-4,18-19H2,1-2H3,(H,28,30). The van der Waals surface area contributed by atoms with Crippen molar-refractivity contribution in [1.29, 1.82) is 0 Å². The van der Waals surface area contributed by atoms with Crippen LogP contribution in [0.1, 0.15) is 29.8 Å². The largest absolute Gasteiger partial charge is 0.489 e. The van der Waals surface area contributed by atoms with E-state index in [1.165, 1.54) is 0 Å². The van der Waals surface area contributed by atoms with Crippen LogP contribution in [0.15, 0.2) is 78.9 Å². The van der Waals surface area contributed by atoms with Crippen molar-refractivity contribution in [3.05, 3.63) is 90.0 Å². The Morgan fingerprint density at radius 3 is 2.31 bits per heavy atom. The van der Waals surface area contributed by atoms with Crippen molar-refractivity contribution >= 4 is 23.2 Å². The summed E-state index contributed by atoms with van der Waals surface area (Å²) in [7, 11) is 0. The Morgan fingerprint density at radius 2 is 1.56 bits per heavy atom. The molecule has 6 nitrogen and oxygen atoms in total. The smallest absolute Gasteiger partial charge is 0.253 e. The normalized spacial score (nSPS) is 10.3. The molecular weight excluding hydrogens is 402 g/mol. The number of carbonyl (C=O) groups is 2. The van der Waals surface area contributed by atoms with Crippen LogP contribution in [-0.4, -0.2) is 36.3 Å². The zero-order valence-corrected chi connectivity index (χ0v) is 18.5. The Kier molecular flexibility index (Phi) is 8.26. The fourth-order valence-corrected chi connectivity index (χ4v) is 3.25. The SMILES string of the molecule is CCN(CC)C(=O)c1cccc(NCC(=O)Nc2cccc(OCc3ccccc3)c2)c1. The predicted octanol–water partition coefficient (Wildman–Crippen LogP) is 4.80. The average molecular weight is 432 g/mol. The molecule has 3 rings (SSSR count). The minimum atomic E-state index is -0.189. The zero-order valence-electron chi connectivity index (χ0n) is 18.5. The number of nitrogens with one attached hydrogen (secondary N) is 2. The molecule has 0 aliphatic heterocycles. The molecule has 0 heterocycles. The molecule has 0 saturated carbocycles. The molecule has 3 aromatic carbocycles. The molecule has 0 atom stereocenters. The van der Waals surface area contributed by atoms with Gasteiger partial charge >= 0.3 is 0 Å². The molecule has 3 aromatic rings. The molecule has 0 spiro atoms. The van der Waals surface area contributed by atoms with E-state index >= 15 is 0 Å². The van der Waals surface area contributed by atoms with Gasteiger partial charge in [-0.2, -0.15) is 0 Å². The van der Waals surface area contributed by atoms with Gasteiger partial charge in [0.15, 0.2) is 0 Å². The van der Waals surface area contributed by atoms with Gasteiger partial charge < -0.3 is 20.3 Å². The quantitative estimate of drug-likeness (QED) is 0.484. The highest BCUT2D eigenvalue weighted by Gasteiger charge is 2.13. The molecule has 0 aromatic heterocycles. The molecule has 2 amide bonds. The van der Waals surface area contributed by atoms with Gasteiger partial charge in [-0.3, -0.25) is 9.59 Å². The molecule has 0 saturated heterocycles. The molecule has 0 aliphatic rings. The number of amides is 2. The van der Waals surface area contributed by atoms with Gasteiger partial charge in [0.1, 0.15) is 12.4 Å². The number of nitrogens with zero attached hydrogens (tertiary/aromatic N) is 1. The number of hydrogen-bond acceptors (Lipinski definition) is 4. The Bertz CT molecular complexity index is 1030. The lowest BCUT2D eigenvalue weighted by molar-refractivity contribution is -0.114. The maximum Gasteiger partial charge on any atom is 0.253 e. The van der Waals surface area contributed by atoms with Crippen molar-refractivity contribution in [1.82, 2.24) is 4.90 Å². The lowest BCUT2D eigenvalue weighted by Crippen LogP contribution is -2.30. The molecular formula is C26H29N3O3. The highest BCUT2D eigenvalue weighted by atomic mass is 16.5. The van der Waals surface area contributed by atoms with Gasteiger partial charge in [-0.25, -0.2) is 0 Å². The second-order valence-electron chi connectivity index (χ2n) is 7.26. The van der Waals surface area contributed by atoms with Gasteiger partial charge in [0.2, 0.25) is 5.91 Å². The van der Waals surface area contributed by atoms with Gasteiger partial charge in [-0.1, -0.05) is 42.5 Å². The van der Waals surface area contributed by atoms with Crippen molar-refractivity contribution in [2.24, 2.45) is 0 Å². The third-order valence-electron chi connectivity index (χ3n) is 4.98. The fourth-order valence-electron chi connectivity index (χ4n) is 3.25. The molecule has 0 bridgehead atoms. The summed E-state index contributed by atoms with van der Waals surface area (Å²) in [5.41, 5.74) is 3.06. The maximum atomic E-state index is 12.5. The molecule has 0 radical (unpaired) electrons. The number of rotatable bonds is 10. The number of carbonyl (C=O) groups excluding carboxylic acids is 2. The number of hydrogen-bond donors (Lipinski definition) is 2. The van der Waals surface area contributed by atoms with E-state index in [4.69, 9.17) is 4.74 Å². The van der Waals surface area contributed by atoms with E-state index in [9.17, 15) is 9.59 Å². The number of ether oxygens (including phenoxy) is 1. The molecule has 0 fully saturated rings. The highest BCUT2D eigenvalue weighted by Crippen LogP contribution is 2.19. The summed E-state index contributed by atoms with van der Waals surface area (Å²) in [5, 5.41) is 5.95. The Morgan fingerprint density at radius 1 is 0.844 bits per heavy atom. The number of benzene rings is 3. The van der Waals surface area contributed by atoms with Crippen molar-refractivity contribution in [2.75, 3.05) is 30.3 Å². The van der Waals surface area contributed by atoms with Crippen LogP contribution in [-0.2, 0) is 11.4 Å². The third-order valence-corrected chi connectivity index (χ3v) is 4.98. The first kappa shape index (κ1) is 22.9. The summed E-state index contributed by atoms with van der Waals surface area (Å²) < 4.78 is 5.81. The van der Waals surface area contributed by atoms with Crippen molar-refractivity contribution in [2.45, 2.75) is 20.5 Å². The van der Waals surface area contributed by atoms with E-state index in [0.29, 0.717) is 36.7 Å². The van der Waals surface area contributed by atoms with Gasteiger partial charge in [0, 0.05) is 36.1 Å². The second-order valence-corrected chi connectivity index (χ2v) is 7.26. The predicted molar refractivity (Wildman–Crippen MR) is 128 cm³/mol. The Hall–Kier alpha value is -3.80. The van der Waals surface area contributed by atoms with E-state index in [2.05, 4.69) is 10.6 Å². The van der Waals surface area contributed by atoms with E-state index in [-0.39, 0.29) is 18.4 Å². The van der Waals surface area contributed by atoms with Gasteiger partial charge in [0.25, 0.3) is 5.91 Å². The van der Waals surface area contributed by atoms with Gasteiger partial charge in [-0.15, -0.1) is 0 Å². The fraction of sp³-hybridized carbons (Fsp3) is 0.231. The molecule has 0 unspecified atom stereocenters. The average Bonchev–Trinajstić information content (AvgIpc) is 2.83. The summed E-state index contributed by atoms with van der Waals surface area (Å²) in [4.78, 5) is 26.7. The van der Waals surface area contributed by atoms with Crippen LogP contribution in [0.4, 0.5) is 11.4 Å². The topological polar surface area (TPSA) is 70.7 Å². The Labute approximate surface area is 189 Å². The van der Waals surface area contributed by atoms with Crippen LogP contribution in [0.3, 0.4) is 0 Å². The maximum absolute atomic E-state index is 12.5. The second kappa shape index (κ2) is 11.6. The first-order valence-electron chi connectivity index (χ1n) is 10.8.